The van der Waals surface area contributed by atoms with E-state index < -0.39 is 0 Å². The second-order valence-corrected chi connectivity index (χ2v) is 7.72. The SMILES string of the molecule is CCCN(CC1CC1)/C(=N\O)c1cccnc1Oc1ccc(Cl)cc1-c1ccno1. The number of hydrogen-bond acceptors (Lipinski definition) is 6. The molecule has 1 saturated carbocycles. The van der Waals surface area contributed by atoms with Gasteiger partial charge >= 0.3 is 0 Å². The summed E-state index contributed by atoms with van der Waals surface area (Å²) < 4.78 is 11.5. The number of pyridine rings is 1. The summed E-state index contributed by atoms with van der Waals surface area (Å²) in [5.74, 6) is 2.48. The second-order valence-electron chi connectivity index (χ2n) is 7.29. The van der Waals surface area contributed by atoms with Crippen molar-refractivity contribution in [3.63, 3.8) is 0 Å². The lowest BCUT2D eigenvalue weighted by molar-refractivity contribution is 0.297. The zero-order chi connectivity index (χ0) is 20.9. The maximum absolute atomic E-state index is 9.86. The number of amidine groups is 1. The van der Waals surface area contributed by atoms with E-state index in [-0.39, 0.29) is 0 Å². The summed E-state index contributed by atoms with van der Waals surface area (Å²) in [6.07, 6.45) is 6.56. The van der Waals surface area contributed by atoms with Gasteiger partial charge in [-0.2, -0.15) is 0 Å². The molecule has 4 rings (SSSR count). The van der Waals surface area contributed by atoms with E-state index in [1.165, 1.54) is 12.8 Å². The normalized spacial score (nSPS) is 14.0. The minimum Gasteiger partial charge on any atom is -0.437 e. The van der Waals surface area contributed by atoms with Gasteiger partial charge in [-0.3, -0.25) is 0 Å². The topological polar surface area (TPSA) is 84.0 Å². The van der Waals surface area contributed by atoms with Crippen LogP contribution in [0.25, 0.3) is 11.3 Å². The lowest BCUT2D eigenvalue weighted by atomic mass is 10.1. The van der Waals surface area contributed by atoms with Crippen LogP contribution in [0.2, 0.25) is 5.02 Å². The van der Waals surface area contributed by atoms with Gasteiger partial charge in [0.2, 0.25) is 5.88 Å². The Labute approximate surface area is 179 Å². The van der Waals surface area contributed by atoms with Gasteiger partial charge in [0.1, 0.15) is 5.75 Å². The molecule has 156 valence electrons. The summed E-state index contributed by atoms with van der Waals surface area (Å²) in [5.41, 5.74) is 1.27. The minimum atomic E-state index is 0.338. The van der Waals surface area contributed by atoms with Crippen LogP contribution in [0.15, 0.2) is 58.5 Å². The van der Waals surface area contributed by atoms with E-state index in [9.17, 15) is 5.21 Å². The molecule has 1 fully saturated rings. The van der Waals surface area contributed by atoms with Crippen molar-refractivity contribution >= 4 is 17.4 Å². The van der Waals surface area contributed by atoms with Gasteiger partial charge in [-0.15, -0.1) is 0 Å². The summed E-state index contributed by atoms with van der Waals surface area (Å²) in [4.78, 5) is 6.50. The first-order chi connectivity index (χ1) is 14.7. The first-order valence-electron chi connectivity index (χ1n) is 10.0. The van der Waals surface area contributed by atoms with Crippen molar-refractivity contribution in [1.82, 2.24) is 15.0 Å². The summed E-state index contributed by atoms with van der Waals surface area (Å²) in [6.45, 7) is 3.74. The number of aromatic nitrogens is 2. The van der Waals surface area contributed by atoms with Crippen LogP contribution in [0.3, 0.4) is 0 Å². The Hall–Kier alpha value is -3.06. The summed E-state index contributed by atoms with van der Waals surface area (Å²) >= 11 is 6.18. The molecule has 3 aromatic rings. The summed E-state index contributed by atoms with van der Waals surface area (Å²) in [7, 11) is 0. The Morgan fingerprint density at radius 2 is 2.17 bits per heavy atom. The molecule has 8 heteroatoms. The largest absolute Gasteiger partial charge is 0.437 e. The fourth-order valence-electron chi connectivity index (χ4n) is 3.34. The Balaban J connectivity index is 1.69. The van der Waals surface area contributed by atoms with E-state index in [2.05, 4.69) is 27.1 Å². The first-order valence-corrected chi connectivity index (χ1v) is 10.4. The fraction of sp³-hybridized carbons (Fsp3) is 0.318. The van der Waals surface area contributed by atoms with Crippen LogP contribution < -0.4 is 4.74 Å². The molecule has 0 bridgehead atoms. The smallest absolute Gasteiger partial charge is 0.230 e. The highest BCUT2D eigenvalue weighted by Gasteiger charge is 2.28. The lowest BCUT2D eigenvalue weighted by Crippen LogP contribution is -2.34. The van der Waals surface area contributed by atoms with Crippen molar-refractivity contribution in [1.29, 1.82) is 0 Å². The van der Waals surface area contributed by atoms with E-state index in [1.54, 1.807) is 42.7 Å². The van der Waals surface area contributed by atoms with E-state index in [1.807, 2.05) is 6.07 Å². The highest BCUT2D eigenvalue weighted by molar-refractivity contribution is 6.30. The van der Waals surface area contributed by atoms with Gasteiger partial charge in [0.25, 0.3) is 0 Å². The Morgan fingerprint density at radius 3 is 2.87 bits per heavy atom. The predicted octanol–water partition coefficient (Wildman–Crippen LogP) is 5.44. The summed E-state index contributed by atoms with van der Waals surface area (Å²) in [6, 6.07) is 10.6. The maximum atomic E-state index is 9.86. The zero-order valence-electron chi connectivity index (χ0n) is 16.7. The van der Waals surface area contributed by atoms with Crippen LogP contribution in [0.4, 0.5) is 0 Å². The molecule has 0 unspecified atom stereocenters. The van der Waals surface area contributed by atoms with E-state index in [0.29, 0.717) is 45.3 Å². The third kappa shape index (κ3) is 4.57. The molecule has 0 aliphatic heterocycles. The Kier molecular flexibility index (Phi) is 6.18. The predicted molar refractivity (Wildman–Crippen MR) is 114 cm³/mol. The molecule has 7 nitrogen and oxygen atoms in total. The number of rotatable bonds is 8. The maximum Gasteiger partial charge on any atom is 0.230 e. The van der Waals surface area contributed by atoms with Gasteiger partial charge in [0.15, 0.2) is 11.6 Å². The van der Waals surface area contributed by atoms with Gasteiger partial charge in [-0.1, -0.05) is 28.8 Å². The molecule has 30 heavy (non-hydrogen) atoms. The lowest BCUT2D eigenvalue weighted by Gasteiger charge is -2.25. The number of benzene rings is 1. The summed E-state index contributed by atoms with van der Waals surface area (Å²) in [5, 5.41) is 17.8. The third-order valence-electron chi connectivity index (χ3n) is 4.93. The second kappa shape index (κ2) is 9.17. The van der Waals surface area contributed by atoms with E-state index in [4.69, 9.17) is 20.9 Å². The van der Waals surface area contributed by atoms with E-state index >= 15 is 0 Å². The molecule has 0 radical (unpaired) electrons. The third-order valence-corrected chi connectivity index (χ3v) is 5.16. The van der Waals surface area contributed by atoms with Gasteiger partial charge in [-0.25, -0.2) is 4.98 Å². The van der Waals surface area contributed by atoms with Crippen molar-refractivity contribution in [3.8, 4) is 23.0 Å². The van der Waals surface area contributed by atoms with Gasteiger partial charge in [0, 0.05) is 30.4 Å². The molecule has 1 aliphatic rings. The number of ether oxygens (including phenoxy) is 1. The minimum absolute atomic E-state index is 0.338. The molecule has 0 spiro atoms. The van der Waals surface area contributed by atoms with Crippen LogP contribution in [0.5, 0.6) is 11.6 Å². The molecule has 1 aromatic carbocycles. The van der Waals surface area contributed by atoms with Crippen molar-refractivity contribution in [2.45, 2.75) is 26.2 Å². The molecular formula is C22H23ClN4O3. The first kappa shape index (κ1) is 20.2. The quantitative estimate of drug-likeness (QED) is 0.223. The zero-order valence-corrected chi connectivity index (χ0v) is 17.4. The van der Waals surface area contributed by atoms with Crippen molar-refractivity contribution in [3.05, 3.63) is 59.4 Å². The van der Waals surface area contributed by atoms with Gasteiger partial charge < -0.3 is 19.4 Å². The highest BCUT2D eigenvalue weighted by atomic mass is 35.5. The standard InChI is InChI=1S/C22H23ClN4O3/c1-2-12-27(14-15-5-6-15)21(26-28)17-4-3-10-24-22(17)29-19-8-7-16(23)13-18(19)20-9-11-25-30-20/h3-4,7-11,13,15,28H,2,5-6,12,14H2,1H3/b26-21-. The molecule has 1 aliphatic carbocycles. The van der Waals surface area contributed by atoms with Crippen LogP contribution in [-0.4, -0.2) is 39.2 Å². The number of hydrogen-bond donors (Lipinski definition) is 1. The van der Waals surface area contributed by atoms with E-state index in [0.717, 1.165) is 19.5 Å². The Bertz CT molecular complexity index is 1020. The average Bonchev–Trinajstić information content (AvgIpc) is 3.40. The molecule has 2 aromatic heterocycles. The van der Waals surface area contributed by atoms with Crippen LogP contribution >= 0.6 is 11.6 Å². The van der Waals surface area contributed by atoms with Crippen molar-refractivity contribution in [2.75, 3.05) is 13.1 Å². The van der Waals surface area contributed by atoms with Crippen LogP contribution in [-0.2, 0) is 0 Å². The number of oxime groups is 1. The molecule has 0 atom stereocenters. The van der Waals surface area contributed by atoms with Crippen LogP contribution in [0.1, 0.15) is 31.7 Å². The highest BCUT2D eigenvalue weighted by Crippen LogP contribution is 2.36. The molecule has 2 heterocycles. The van der Waals surface area contributed by atoms with Crippen molar-refractivity contribution in [2.24, 2.45) is 11.1 Å². The van der Waals surface area contributed by atoms with Crippen molar-refractivity contribution < 1.29 is 14.5 Å². The molecule has 0 amide bonds. The van der Waals surface area contributed by atoms with Gasteiger partial charge in [0.05, 0.1) is 17.3 Å². The number of halogens is 1. The monoisotopic (exact) mass is 426 g/mol. The van der Waals surface area contributed by atoms with Crippen LogP contribution in [0, 0.1) is 5.92 Å². The molecular weight excluding hydrogens is 404 g/mol. The average molecular weight is 427 g/mol. The Morgan fingerprint density at radius 1 is 1.30 bits per heavy atom. The number of nitrogens with zero attached hydrogens (tertiary/aromatic N) is 4. The molecule has 1 N–H and O–H groups in total. The van der Waals surface area contributed by atoms with Gasteiger partial charge in [-0.05, 0) is 55.5 Å². The fourth-order valence-corrected chi connectivity index (χ4v) is 3.51. The molecule has 0 saturated heterocycles.